The summed E-state index contributed by atoms with van der Waals surface area (Å²) >= 11 is 0. The standard InChI is InChI=1S/C72H141NO5/c1-3-5-7-9-11-13-15-17-18-38-42-46-50-54-58-62-66-72(77)78-67-63-59-55-51-47-43-39-36-34-32-30-28-26-24-22-20-19-21-23-25-27-29-31-33-35-37-41-45-49-53-57-61-65-71(76)73-69(68-74)70(75)64-60-56-52-48-44-40-16-14-12-10-8-6-4-2/h22,24,69-70,74-75H,3-21,23,25-68H2,1-2H3,(H,73,76)/b24-22-. The van der Waals surface area contributed by atoms with Gasteiger partial charge < -0.3 is 20.3 Å². The second kappa shape index (κ2) is 68.1. The number of carbonyl (C=O) groups excluding carboxylic acids is 2. The number of rotatable bonds is 68. The molecule has 0 aromatic rings. The molecule has 0 rings (SSSR count). The van der Waals surface area contributed by atoms with Gasteiger partial charge in [-0.3, -0.25) is 9.59 Å². The molecule has 0 aromatic heterocycles. The summed E-state index contributed by atoms with van der Waals surface area (Å²) in [5.74, 6) is -0.00725. The first-order chi connectivity index (χ1) is 38.5. The van der Waals surface area contributed by atoms with Crippen LogP contribution in [0, 0.1) is 0 Å². The van der Waals surface area contributed by atoms with E-state index in [1.54, 1.807) is 0 Å². The van der Waals surface area contributed by atoms with Crippen molar-refractivity contribution in [2.45, 2.75) is 424 Å². The minimum Gasteiger partial charge on any atom is -0.466 e. The number of aliphatic hydroxyl groups is 2. The maximum atomic E-state index is 12.5. The smallest absolute Gasteiger partial charge is 0.305 e. The molecule has 0 heterocycles. The lowest BCUT2D eigenvalue weighted by molar-refractivity contribution is -0.143. The fourth-order valence-corrected chi connectivity index (χ4v) is 11.6. The number of hydrogen-bond donors (Lipinski definition) is 3. The molecule has 3 N–H and O–H groups in total. The van der Waals surface area contributed by atoms with Crippen LogP contribution in [0.15, 0.2) is 12.2 Å². The van der Waals surface area contributed by atoms with Crippen molar-refractivity contribution < 1.29 is 24.5 Å². The second-order valence-corrected chi connectivity index (χ2v) is 24.9. The van der Waals surface area contributed by atoms with Crippen LogP contribution in [0.3, 0.4) is 0 Å². The summed E-state index contributed by atoms with van der Waals surface area (Å²) in [6.07, 6.45) is 84.2. The van der Waals surface area contributed by atoms with Crippen LogP contribution in [-0.4, -0.2) is 47.4 Å². The van der Waals surface area contributed by atoms with Gasteiger partial charge in [-0.15, -0.1) is 0 Å². The van der Waals surface area contributed by atoms with Gasteiger partial charge in [-0.1, -0.05) is 360 Å². The molecule has 1 amide bonds. The Hall–Kier alpha value is -1.40. The summed E-state index contributed by atoms with van der Waals surface area (Å²) in [6.45, 7) is 4.99. The Balaban J connectivity index is 3.32. The van der Waals surface area contributed by atoms with Crippen molar-refractivity contribution in [3.63, 3.8) is 0 Å². The Labute approximate surface area is 489 Å². The zero-order valence-electron chi connectivity index (χ0n) is 53.2. The first-order valence-electron chi connectivity index (χ1n) is 35.9. The summed E-state index contributed by atoms with van der Waals surface area (Å²) < 4.78 is 5.50. The minimum absolute atomic E-state index is 0.0226. The molecular weight excluding hydrogens is 959 g/mol. The van der Waals surface area contributed by atoms with Crippen LogP contribution in [0.1, 0.15) is 412 Å². The van der Waals surface area contributed by atoms with E-state index < -0.39 is 12.1 Å². The second-order valence-electron chi connectivity index (χ2n) is 24.9. The summed E-state index contributed by atoms with van der Waals surface area (Å²) in [5, 5.41) is 23.3. The Morgan fingerprint density at radius 1 is 0.346 bits per heavy atom. The molecule has 6 heteroatoms. The van der Waals surface area contributed by atoms with Crippen molar-refractivity contribution >= 4 is 11.9 Å². The van der Waals surface area contributed by atoms with E-state index in [0.29, 0.717) is 25.9 Å². The van der Waals surface area contributed by atoms with Gasteiger partial charge in [0.15, 0.2) is 0 Å². The van der Waals surface area contributed by atoms with Crippen molar-refractivity contribution in [3.8, 4) is 0 Å². The molecule has 0 aliphatic heterocycles. The van der Waals surface area contributed by atoms with Crippen LogP contribution in [0.25, 0.3) is 0 Å². The average Bonchev–Trinajstić information content (AvgIpc) is 3.44. The number of carbonyl (C=O) groups is 2. The Morgan fingerprint density at radius 2 is 0.603 bits per heavy atom. The van der Waals surface area contributed by atoms with Gasteiger partial charge in [0.25, 0.3) is 0 Å². The molecule has 0 fully saturated rings. The third-order valence-electron chi connectivity index (χ3n) is 17.1. The van der Waals surface area contributed by atoms with Crippen LogP contribution in [0.4, 0.5) is 0 Å². The Morgan fingerprint density at radius 3 is 0.910 bits per heavy atom. The van der Waals surface area contributed by atoms with E-state index in [1.165, 1.54) is 340 Å². The third kappa shape index (κ3) is 63.8. The molecule has 2 unspecified atom stereocenters. The third-order valence-corrected chi connectivity index (χ3v) is 17.1. The van der Waals surface area contributed by atoms with E-state index in [0.717, 1.165) is 38.5 Å². The van der Waals surface area contributed by atoms with Crippen molar-refractivity contribution in [2.75, 3.05) is 13.2 Å². The van der Waals surface area contributed by atoms with E-state index >= 15 is 0 Å². The van der Waals surface area contributed by atoms with Crippen LogP contribution >= 0.6 is 0 Å². The molecule has 0 aliphatic carbocycles. The zero-order chi connectivity index (χ0) is 56.4. The maximum Gasteiger partial charge on any atom is 0.305 e. The lowest BCUT2D eigenvalue weighted by atomic mass is 10.0. The Bertz CT molecular complexity index is 1180. The molecule has 0 saturated carbocycles. The molecule has 2 atom stereocenters. The van der Waals surface area contributed by atoms with E-state index in [4.69, 9.17) is 4.74 Å². The number of nitrogens with one attached hydrogen (secondary N) is 1. The van der Waals surface area contributed by atoms with E-state index in [9.17, 15) is 19.8 Å². The van der Waals surface area contributed by atoms with Crippen molar-refractivity contribution in [1.29, 1.82) is 0 Å². The number of amides is 1. The first kappa shape index (κ1) is 76.6. The van der Waals surface area contributed by atoms with Gasteiger partial charge in [-0.05, 0) is 51.4 Å². The highest BCUT2D eigenvalue weighted by molar-refractivity contribution is 5.76. The summed E-state index contributed by atoms with van der Waals surface area (Å²) in [7, 11) is 0. The average molecular weight is 1100 g/mol. The highest BCUT2D eigenvalue weighted by atomic mass is 16.5. The number of ether oxygens (including phenoxy) is 1. The molecule has 6 nitrogen and oxygen atoms in total. The van der Waals surface area contributed by atoms with Gasteiger partial charge >= 0.3 is 5.97 Å². The van der Waals surface area contributed by atoms with E-state index in [1.807, 2.05) is 0 Å². The lowest BCUT2D eigenvalue weighted by Gasteiger charge is -2.22. The molecule has 0 aliphatic rings. The predicted molar refractivity (Wildman–Crippen MR) is 343 cm³/mol. The fraction of sp³-hybridized carbons (Fsp3) is 0.944. The maximum absolute atomic E-state index is 12.5. The minimum atomic E-state index is -0.661. The highest BCUT2D eigenvalue weighted by Gasteiger charge is 2.20. The van der Waals surface area contributed by atoms with Gasteiger partial charge in [0, 0.05) is 12.8 Å². The zero-order valence-corrected chi connectivity index (χ0v) is 53.2. The van der Waals surface area contributed by atoms with Crippen molar-refractivity contribution in [3.05, 3.63) is 12.2 Å². The van der Waals surface area contributed by atoms with Gasteiger partial charge in [0.2, 0.25) is 5.91 Å². The number of aliphatic hydroxyl groups excluding tert-OH is 2. The number of unbranched alkanes of at least 4 members (excludes halogenated alkanes) is 55. The number of allylic oxidation sites excluding steroid dienone is 2. The van der Waals surface area contributed by atoms with Crippen LogP contribution in [-0.2, 0) is 14.3 Å². The topological polar surface area (TPSA) is 95.9 Å². The van der Waals surface area contributed by atoms with Gasteiger partial charge in [0.1, 0.15) is 0 Å². The molecule has 78 heavy (non-hydrogen) atoms. The molecule has 0 spiro atoms. The summed E-state index contributed by atoms with van der Waals surface area (Å²) in [5.41, 5.74) is 0. The number of hydrogen-bond acceptors (Lipinski definition) is 5. The van der Waals surface area contributed by atoms with E-state index in [2.05, 4.69) is 31.3 Å². The van der Waals surface area contributed by atoms with Gasteiger partial charge in [-0.2, -0.15) is 0 Å². The first-order valence-corrected chi connectivity index (χ1v) is 35.9. The fourth-order valence-electron chi connectivity index (χ4n) is 11.6. The lowest BCUT2D eigenvalue weighted by Crippen LogP contribution is -2.45. The summed E-state index contributed by atoms with van der Waals surface area (Å²) in [6, 6.07) is -0.538. The van der Waals surface area contributed by atoms with Gasteiger partial charge in [-0.25, -0.2) is 0 Å². The SMILES string of the molecule is CCCCCCCCCCCCCCCCCCC(=O)OCCCCCCCCCCCCCC/C=C\CCCCCCCCCCCCCCCCCCC(=O)NC(CO)C(O)CCCCCCCCCCCCCCC. The molecular formula is C72H141NO5. The van der Waals surface area contributed by atoms with Crippen LogP contribution < -0.4 is 5.32 Å². The predicted octanol–water partition coefficient (Wildman–Crippen LogP) is 23.1. The number of esters is 1. The Kier molecular flexibility index (Phi) is 66.9. The molecule has 0 saturated heterocycles. The van der Waals surface area contributed by atoms with Crippen molar-refractivity contribution in [2.24, 2.45) is 0 Å². The van der Waals surface area contributed by atoms with Crippen LogP contribution in [0.5, 0.6) is 0 Å². The largest absolute Gasteiger partial charge is 0.466 e. The molecule has 0 aromatic carbocycles. The van der Waals surface area contributed by atoms with Crippen LogP contribution in [0.2, 0.25) is 0 Å². The quantitative estimate of drug-likeness (QED) is 0.0320. The summed E-state index contributed by atoms with van der Waals surface area (Å²) in [4.78, 5) is 24.6. The normalized spacial score (nSPS) is 12.5. The van der Waals surface area contributed by atoms with E-state index in [-0.39, 0.29) is 18.5 Å². The molecule has 0 radical (unpaired) electrons. The van der Waals surface area contributed by atoms with Gasteiger partial charge in [0.05, 0.1) is 25.4 Å². The highest BCUT2D eigenvalue weighted by Crippen LogP contribution is 2.19. The molecule has 464 valence electrons. The monoisotopic (exact) mass is 1100 g/mol. The van der Waals surface area contributed by atoms with Crippen molar-refractivity contribution in [1.82, 2.24) is 5.32 Å². The molecule has 0 bridgehead atoms.